The molecular formula is C10H11NO5S. The Bertz CT molecular complexity index is 419. The van der Waals surface area contributed by atoms with Gasteiger partial charge in [-0.15, -0.1) is 11.8 Å². The van der Waals surface area contributed by atoms with Crippen LogP contribution in [0.3, 0.4) is 0 Å². The number of fused-ring (bicyclic) bond motifs is 1. The molecule has 6 nitrogen and oxygen atoms in total. The number of nitrogens with zero attached hydrogens (tertiary/aromatic N) is 1. The first-order chi connectivity index (χ1) is 8.00. The van der Waals surface area contributed by atoms with Crippen molar-refractivity contribution in [3.8, 4) is 0 Å². The van der Waals surface area contributed by atoms with E-state index in [0.717, 1.165) is 0 Å². The summed E-state index contributed by atoms with van der Waals surface area (Å²) in [6, 6.07) is -0.998. The SMILES string of the molecule is CC(=O)OCC1=CS[C@@H]2CC(=O)N2C1C(=O)O. The minimum Gasteiger partial charge on any atom is -0.479 e. The summed E-state index contributed by atoms with van der Waals surface area (Å²) in [4.78, 5) is 34.6. The van der Waals surface area contributed by atoms with Crippen LogP contribution in [0.2, 0.25) is 0 Å². The summed E-state index contributed by atoms with van der Waals surface area (Å²) in [5.41, 5.74) is 0.432. The van der Waals surface area contributed by atoms with Crippen molar-refractivity contribution in [2.24, 2.45) is 0 Å². The molecule has 0 aromatic rings. The maximum Gasteiger partial charge on any atom is 0.330 e. The first kappa shape index (κ1) is 12.0. The van der Waals surface area contributed by atoms with Gasteiger partial charge in [-0.1, -0.05) is 0 Å². The van der Waals surface area contributed by atoms with Crippen LogP contribution in [0.1, 0.15) is 13.3 Å². The molecule has 2 aliphatic rings. The Balaban J connectivity index is 2.15. The largest absolute Gasteiger partial charge is 0.479 e. The number of aliphatic carboxylic acids is 1. The average molecular weight is 257 g/mol. The molecule has 1 amide bonds. The first-order valence-electron chi connectivity index (χ1n) is 5.02. The lowest BCUT2D eigenvalue weighted by atomic mass is 10.0. The Morgan fingerprint density at radius 2 is 2.35 bits per heavy atom. The minimum absolute atomic E-state index is 0.0875. The molecule has 2 atom stereocenters. The summed E-state index contributed by atoms with van der Waals surface area (Å²) >= 11 is 1.39. The number of hydrogen-bond donors (Lipinski definition) is 1. The molecule has 0 aliphatic carbocycles. The van der Waals surface area contributed by atoms with E-state index in [2.05, 4.69) is 0 Å². The standard InChI is InChI=1S/C10H11NO5S/c1-5(12)16-3-6-4-17-8-2-7(13)11(8)9(6)10(14)15/h4,8-9H,2-3H2,1H3,(H,14,15)/t8-,9?/m1/s1. The quantitative estimate of drug-likeness (QED) is 0.574. The number of β-lactam (4-membered cyclic amide) rings is 1. The highest BCUT2D eigenvalue weighted by Gasteiger charge is 2.48. The smallest absolute Gasteiger partial charge is 0.330 e. The van der Waals surface area contributed by atoms with E-state index in [-0.39, 0.29) is 17.9 Å². The van der Waals surface area contributed by atoms with Gasteiger partial charge in [0, 0.05) is 12.5 Å². The Morgan fingerprint density at radius 1 is 1.65 bits per heavy atom. The summed E-state index contributed by atoms with van der Waals surface area (Å²) < 4.78 is 4.78. The zero-order valence-electron chi connectivity index (χ0n) is 9.08. The van der Waals surface area contributed by atoms with Gasteiger partial charge in [-0.3, -0.25) is 9.59 Å². The van der Waals surface area contributed by atoms with Crippen LogP contribution in [0.4, 0.5) is 0 Å². The molecule has 1 N–H and O–H groups in total. The fourth-order valence-electron chi connectivity index (χ4n) is 1.81. The molecule has 2 rings (SSSR count). The Kier molecular flexibility index (Phi) is 3.10. The molecule has 1 fully saturated rings. The van der Waals surface area contributed by atoms with E-state index in [1.54, 1.807) is 5.41 Å². The van der Waals surface area contributed by atoms with Gasteiger partial charge in [0.2, 0.25) is 5.91 Å². The summed E-state index contributed by atoms with van der Waals surface area (Å²) in [6.07, 6.45) is 0.367. The lowest BCUT2D eigenvalue weighted by Gasteiger charge is -2.46. The van der Waals surface area contributed by atoms with Crippen LogP contribution in [0.25, 0.3) is 0 Å². The third kappa shape index (κ3) is 2.14. The number of amides is 1. The lowest BCUT2D eigenvalue weighted by Crippen LogP contribution is -2.60. The van der Waals surface area contributed by atoms with Gasteiger partial charge < -0.3 is 14.7 Å². The topological polar surface area (TPSA) is 83.9 Å². The number of hydrogen-bond acceptors (Lipinski definition) is 5. The molecule has 0 aromatic carbocycles. The number of carboxylic acids is 1. The van der Waals surface area contributed by atoms with Gasteiger partial charge in [0.1, 0.15) is 6.61 Å². The van der Waals surface area contributed by atoms with Gasteiger partial charge in [0.05, 0.1) is 11.8 Å². The normalized spacial score (nSPS) is 26.8. The number of carbonyl (C=O) groups is 3. The highest BCUT2D eigenvalue weighted by atomic mass is 32.2. The van der Waals surface area contributed by atoms with Gasteiger partial charge in [0.25, 0.3) is 0 Å². The van der Waals surface area contributed by atoms with Crippen molar-refractivity contribution < 1.29 is 24.2 Å². The molecule has 2 aliphatic heterocycles. The second-order valence-corrected chi connectivity index (χ2v) is 4.86. The zero-order chi connectivity index (χ0) is 12.6. The van der Waals surface area contributed by atoms with Crippen molar-refractivity contribution in [3.63, 3.8) is 0 Å². The highest BCUT2D eigenvalue weighted by Crippen LogP contribution is 2.39. The summed E-state index contributed by atoms with van der Waals surface area (Å²) in [5.74, 6) is -1.75. The molecule has 7 heteroatoms. The predicted octanol–water partition coefficient (Wildman–Crippen LogP) is 0.192. The summed E-state index contributed by atoms with van der Waals surface area (Å²) in [5, 5.41) is 10.7. The number of ether oxygens (including phenoxy) is 1. The van der Waals surface area contributed by atoms with Crippen molar-refractivity contribution in [1.29, 1.82) is 0 Å². The van der Waals surface area contributed by atoms with Gasteiger partial charge in [0.15, 0.2) is 6.04 Å². The third-order valence-electron chi connectivity index (χ3n) is 2.63. The molecule has 0 saturated carbocycles. The molecule has 2 heterocycles. The monoisotopic (exact) mass is 257 g/mol. The molecule has 0 radical (unpaired) electrons. The number of esters is 1. The Labute approximate surface area is 102 Å². The minimum atomic E-state index is -1.10. The maximum atomic E-state index is 11.4. The average Bonchev–Trinajstić information content (AvgIpc) is 2.24. The van der Waals surface area contributed by atoms with Gasteiger partial charge in [-0.2, -0.15) is 0 Å². The lowest BCUT2D eigenvalue weighted by molar-refractivity contribution is -0.156. The number of carboxylic acid groups (broad SMARTS) is 1. The highest BCUT2D eigenvalue weighted by molar-refractivity contribution is 8.02. The van der Waals surface area contributed by atoms with E-state index in [4.69, 9.17) is 9.84 Å². The third-order valence-corrected chi connectivity index (χ3v) is 3.78. The van der Waals surface area contributed by atoms with Crippen LogP contribution in [0.5, 0.6) is 0 Å². The van der Waals surface area contributed by atoms with E-state index in [1.165, 1.54) is 23.6 Å². The number of rotatable bonds is 3. The molecular weight excluding hydrogens is 246 g/mol. The van der Waals surface area contributed by atoms with Gasteiger partial charge >= 0.3 is 11.9 Å². The van der Waals surface area contributed by atoms with Gasteiger partial charge in [-0.05, 0) is 5.41 Å². The van der Waals surface area contributed by atoms with Crippen LogP contribution < -0.4 is 0 Å². The molecule has 17 heavy (non-hydrogen) atoms. The van der Waals surface area contributed by atoms with Crippen LogP contribution in [0, 0.1) is 0 Å². The molecule has 1 saturated heterocycles. The van der Waals surface area contributed by atoms with Crippen LogP contribution >= 0.6 is 11.8 Å². The fourth-order valence-corrected chi connectivity index (χ4v) is 2.95. The van der Waals surface area contributed by atoms with E-state index in [0.29, 0.717) is 12.0 Å². The van der Waals surface area contributed by atoms with E-state index in [1.807, 2.05) is 0 Å². The second kappa shape index (κ2) is 4.40. The first-order valence-corrected chi connectivity index (χ1v) is 5.96. The second-order valence-electron chi connectivity index (χ2n) is 3.81. The van der Waals surface area contributed by atoms with Gasteiger partial charge in [-0.25, -0.2) is 4.79 Å². The van der Waals surface area contributed by atoms with Crippen LogP contribution in [-0.4, -0.2) is 45.9 Å². The van der Waals surface area contributed by atoms with E-state index >= 15 is 0 Å². The summed E-state index contributed by atoms with van der Waals surface area (Å²) in [7, 11) is 0. The van der Waals surface area contributed by atoms with E-state index in [9.17, 15) is 14.4 Å². The molecule has 92 valence electrons. The molecule has 0 aromatic heterocycles. The van der Waals surface area contributed by atoms with Crippen molar-refractivity contribution in [3.05, 3.63) is 11.0 Å². The molecule has 0 spiro atoms. The predicted molar refractivity (Wildman–Crippen MR) is 59.0 cm³/mol. The van der Waals surface area contributed by atoms with Crippen LogP contribution in [-0.2, 0) is 19.1 Å². The van der Waals surface area contributed by atoms with Crippen molar-refractivity contribution in [2.75, 3.05) is 6.61 Å². The molecule has 0 bridgehead atoms. The van der Waals surface area contributed by atoms with Crippen molar-refractivity contribution >= 4 is 29.6 Å². The van der Waals surface area contributed by atoms with Crippen molar-refractivity contribution in [1.82, 2.24) is 4.90 Å². The number of thioether (sulfide) groups is 1. The van der Waals surface area contributed by atoms with E-state index < -0.39 is 18.0 Å². The fraction of sp³-hybridized carbons (Fsp3) is 0.500. The maximum absolute atomic E-state index is 11.4. The molecule has 1 unspecified atom stereocenters. The van der Waals surface area contributed by atoms with Crippen molar-refractivity contribution in [2.45, 2.75) is 24.8 Å². The Hall–Kier alpha value is -1.50. The van der Waals surface area contributed by atoms with Crippen LogP contribution in [0.15, 0.2) is 11.0 Å². The Morgan fingerprint density at radius 3 is 2.88 bits per heavy atom. The number of carbonyl (C=O) groups excluding carboxylic acids is 2. The zero-order valence-corrected chi connectivity index (χ0v) is 9.90. The summed E-state index contributed by atoms with van der Waals surface area (Å²) in [6.45, 7) is 1.17.